The third-order valence-corrected chi connectivity index (χ3v) is 2.95. The van der Waals surface area contributed by atoms with Crippen LogP contribution in [0.5, 0.6) is 0 Å². The minimum atomic E-state index is -0.482. The van der Waals surface area contributed by atoms with Crippen molar-refractivity contribution in [3.8, 4) is 0 Å². The monoisotopic (exact) mass is 256 g/mol. The van der Waals surface area contributed by atoms with E-state index >= 15 is 0 Å². The number of hydrogen-bond donors (Lipinski definition) is 2. The van der Waals surface area contributed by atoms with Crippen molar-refractivity contribution in [2.24, 2.45) is 11.5 Å². The Morgan fingerprint density at radius 1 is 1.26 bits per heavy atom. The zero-order valence-electron chi connectivity index (χ0n) is 10.7. The van der Waals surface area contributed by atoms with Crippen molar-refractivity contribution < 1.29 is 4.79 Å². The van der Waals surface area contributed by atoms with Gasteiger partial charge in [0.2, 0.25) is 5.91 Å². The number of anilines is 2. The summed E-state index contributed by atoms with van der Waals surface area (Å²) in [6.45, 7) is 0.458. The second-order valence-corrected chi connectivity index (χ2v) is 4.16. The van der Waals surface area contributed by atoms with Gasteiger partial charge in [0.15, 0.2) is 0 Å². The fraction of sp³-hybridized carbons (Fsp3) is 0.143. The highest BCUT2D eigenvalue weighted by Gasteiger charge is 2.09. The van der Waals surface area contributed by atoms with Gasteiger partial charge in [-0.1, -0.05) is 18.2 Å². The molecular weight excluding hydrogens is 240 g/mol. The lowest BCUT2D eigenvalue weighted by atomic mass is 10.1. The maximum Gasteiger partial charge on any atom is 0.250 e. The number of hydrogen-bond acceptors (Lipinski definition) is 4. The minimum absolute atomic E-state index is 0.393. The molecule has 0 aliphatic carbocycles. The van der Waals surface area contributed by atoms with Crippen molar-refractivity contribution in [3.63, 3.8) is 0 Å². The van der Waals surface area contributed by atoms with Gasteiger partial charge in [-0.25, -0.2) is 4.98 Å². The molecule has 0 unspecified atom stereocenters. The summed E-state index contributed by atoms with van der Waals surface area (Å²) in [6.07, 6.45) is 1.47. The summed E-state index contributed by atoms with van der Waals surface area (Å²) in [5.41, 5.74) is 13.3. The molecule has 0 atom stereocenters. The average molecular weight is 256 g/mol. The number of aromatic nitrogens is 1. The molecule has 0 spiro atoms. The number of nitrogens with zero attached hydrogens (tertiary/aromatic N) is 2. The van der Waals surface area contributed by atoms with Crippen LogP contribution in [0.4, 0.5) is 11.5 Å². The fourth-order valence-corrected chi connectivity index (χ4v) is 1.86. The number of benzene rings is 1. The summed E-state index contributed by atoms with van der Waals surface area (Å²) in [7, 11) is 1.90. The molecule has 98 valence electrons. The van der Waals surface area contributed by atoms with Crippen LogP contribution in [0, 0.1) is 0 Å². The second-order valence-electron chi connectivity index (χ2n) is 4.16. The highest BCUT2D eigenvalue weighted by Crippen LogP contribution is 2.25. The Labute approximate surface area is 111 Å². The Kier molecular flexibility index (Phi) is 3.77. The van der Waals surface area contributed by atoms with E-state index in [-0.39, 0.29) is 0 Å². The highest BCUT2D eigenvalue weighted by molar-refractivity contribution is 5.92. The summed E-state index contributed by atoms with van der Waals surface area (Å²) in [5.74, 6) is 0.245. The maximum atomic E-state index is 11.0. The Balaban J connectivity index is 2.33. The van der Waals surface area contributed by atoms with Gasteiger partial charge in [0.25, 0.3) is 0 Å². The third kappa shape index (κ3) is 2.71. The summed E-state index contributed by atoms with van der Waals surface area (Å²) in [6, 6.07) is 11.3. The van der Waals surface area contributed by atoms with E-state index < -0.39 is 5.91 Å². The normalized spacial score (nSPS) is 10.2. The summed E-state index contributed by atoms with van der Waals surface area (Å²) >= 11 is 0. The molecule has 4 N–H and O–H groups in total. The molecular formula is C14H16N4O. The van der Waals surface area contributed by atoms with E-state index in [0.717, 1.165) is 17.1 Å². The molecule has 1 aromatic heterocycles. The zero-order valence-corrected chi connectivity index (χ0v) is 10.7. The van der Waals surface area contributed by atoms with Crippen LogP contribution in [0.3, 0.4) is 0 Å². The van der Waals surface area contributed by atoms with E-state index in [1.807, 2.05) is 36.2 Å². The van der Waals surface area contributed by atoms with Crippen molar-refractivity contribution in [3.05, 3.63) is 53.7 Å². The van der Waals surface area contributed by atoms with Gasteiger partial charge in [-0.15, -0.1) is 0 Å². The molecule has 0 bridgehead atoms. The van der Waals surface area contributed by atoms with Crippen molar-refractivity contribution in [2.45, 2.75) is 6.54 Å². The zero-order chi connectivity index (χ0) is 13.8. The molecule has 0 saturated carbocycles. The molecule has 0 fully saturated rings. The predicted molar refractivity (Wildman–Crippen MR) is 75.2 cm³/mol. The highest BCUT2D eigenvalue weighted by atomic mass is 16.1. The second kappa shape index (κ2) is 5.49. The van der Waals surface area contributed by atoms with E-state index in [2.05, 4.69) is 4.98 Å². The number of nitrogens with two attached hydrogens (primary N) is 2. The fourth-order valence-electron chi connectivity index (χ4n) is 1.86. The van der Waals surface area contributed by atoms with Crippen molar-refractivity contribution in [1.82, 2.24) is 4.98 Å². The quantitative estimate of drug-likeness (QED) is 0.866. The molecule has 2 rings (SSSR count). The number of pyridine rings is 1. The molecule has 1 aromatic carbocycles. The van der Waals surface area contributed by atoms with Crippen LogP contribution >= 0.6 is 0 Å². The van der Waals surface area contributed by atoms with Gasteiger partial charge < -0.3 is 16.4 Å². The largest absolute Gasteiger partial charge is 0.366 e. The minimum Gasteiger partial charge on any atom is -0.366 e. The summed E-state index contributed by atoms with van der Waals surface area (Å²) in [5, 5.41) is 0. The van der Waals surface area contributed by atoms with Gasteiger partial charge in [0, 0.05) is 25.5 Å². The molecule has 19 heavy (non-hydrogen) atoms. The molecule has 5 nitrogen and oxygen atoms in total. The van der Waals surface area contributed by atoms with Gasteiger partial charge in [0.1, 0.15) is 5.82 Å². The van der Waals surface area contributed by atoms with E-state index in [0.29, 0.717) is 12.1 Å². The first kappa shape index (κ1) is 13.0. The summed E-state index contributed by atoms with van der Waals surface area (Å²) in [4.78, 5) is 17.2. The lowest BCUT2D eigenvalue weighted by Gasteiger charge is -2.21. The number of carbonyl (C=O) groups is 1. The van der Waals surface area contributed by atoms with Gasteiger partial charge in [-0.05, 0) is 23.8 Å². The van der Waals surface area contributed by atoms with Gasteiger partial charge >= 0.3 is 0 Å². The molecule has 0 saturated heterocycles. The van der Waals surface area contributed by atoms with Gasteiger partial charge in [-0.3, -0.25) is 4.79 Å². The number of amides is 1. The number of primary amides is 1. The molecule has 1 heterocycles. The topological polar surface area (TPSA) is 85.2 Å². The molecule has 2 aromatic rings. The molecule has 0 radical (unpaired) electrons. The number of para-hydroxylation sites is 1. The van der Waals surface area contributed by atoms with Crippen LogP contribution in [0.25, 0.3) is 0 Å². The Morgan fingerprint density at radius 3 is 2.58 bits per heavy atom. The molecule has 0 aliphatic heterocycles. The standard InChI is InChI=1S/C14H16N4O/c1-18(12-5-3-2-4-10(12)8-15)13-7-6-11(9-17-13)14(16)19/h2-7,9H,8,15H2,1H3,(H2,16,19). The van der Waals surface area contributed by atoms with Crippen LogP contribution in [0.1, 0.15) is 15.9 Å². The lowest BCUT2D eigenvalue weighted by molar-refractivity contribution is 0.1000. The first-order valence-electron chi connectivity index (χ1n) is 5.91. The van der Waals surface area contributed by atoms with Crippen molar-refractivity contribution in [1.29, 1.82) is 0 Å². The van der Waals surface area contributed by atoms with E-state index in [9.17, 15) is 4.79 Å². The SMILES string of the molecule is CN(c1ccc(C(N)=O)cn1)c1ccccc1CN. The van der Waals surface area contributed by atoms with Gasteiger partial charge in [0.05, 0.1) is 5.56 Å². The van der Waals surface area contributed by atoms with Crippen LogP contribution in [-0.2, 0) is 6.54 Å². The van der Waals surface area contributed by atoms with Crippen LogP contribution in [0.2, 0.25) is 0 Å². The maximum absolute atomic E-state index is 11.0. The van der Waals surface area contributed by atoms with E-state index in [1.165, 1.54) is 6.20 Å². The smallest absolute Gasteiger partial charge is 0.250 e. The third-order valence-electron chi connectivity index (χ3n) is 2.95. The van der Waals surface area contributed by atoms with Gasteiger partial charge in [-0.2, -0.15) is 0 Å². The Bertz CT molecular complexity index is 580. The number of rotatable bonds is 4. The Hall–Kier alpha value is -2.40. The first-order valence-corrected chi connectivity index (χ1v) is 5.91. The average Bonchev–Trinajstić information content (AvgIpc) is 2.46. The lowest BCUT2D eigenvalue weighted by Crippen LogP contribution is -2.16. The van der Waals surface area contributed by atoms with Crippen LogP contribution in [-0.4, -0.2) is 17.9 Å². The van der Waals surface area contributed by atoms with Crippen molar-refractivity contribution >= 4 is 17.4 Å². The van der Waals surface area contributed by atoms with E-state index in [1.54, 1.807) is 12.1 Å². The predicted octanol–water partition coefficient (Wildman–Crippen LogP) is 1.41. The molecule has 0 aliphatic rings. The van der Waals surface area contributed by atoms with Crippen LogP contribution < -0.4 is 16.4 Å². The van der Waals surface area contributed by atoms with E-state index in [4.69, 9.17) is 11.5 Å². The van der Waals surface area contributed by atoms with Crippen molar-refractivity contribution in [2.75, 3.05) is 11.9 Å². The molecule has 1 amide bonds. The number of carbonyl (C=O) groups excluding carboxylic acids is 1. The first-order chi connectivity index (χ1) is 9.13. The summed E-state index contributed by atoms with van der Waals surface area (Å²) < 4.78 is 0. The van der Waals surface area contributed by atoms with Crippen LogP contribution in [0.15, 0.2) is 42.6 Å². The molecule has 5 heteroatoms. The Morgan fingerprint density at radius 2 is 2.00 bits per heavy atom.